The Morgan fingerprint density at radius 1 is 1.20 bits per heavy atom. The molecule has 3 aromatic rings. The van der Waals surface area contributed by atoms with Crippen LogP contribution in [0, 0.1) is 0 Å². The van der Waals surface area contributed by atoms with Crippen LogP contribution in [0.4, 0.5) is 0 Å². The molecule has 0 saturated heterocycles. The molecule has 2 heterocycles. The molecule has 1 aromatic carbocycles. The van der Waals surface area contributed by atoms with Crippen molar-refractivity contribution >= 4 is 16.8 Å². The van der Waals surface area contributed by atoms with E-state index >= 15 is 0 Å². The molecule has 100 valence electrons. The first-order valence-corrected chi connectivity index (χ1v) is 6.39. The lowest BCUT2D eigenvalue weighted by atomic mass is 9.86. The van der Waals surface area contributed by atoms with E-state index in [4.69, 9.17) is 0 Å². The van der Waals surface area contributed by atoms with Gasteiger partial charge in [0, 0.05) is 23.3 Å². The van der Waals surface area contributed by atoms with Crippen molar-refractivity contribution < 1.29 is 9.90 Å². The molecule has 0 aliphatic heterocycles. The SMILES string of the molecule is CC(=O)C(c1ccccc1O)c1ccnc2[nH]ccc12. The first kappa shape index (κ1) is 12.4. The second kappa shape index (κ2) is 4.81. The summed E-state index contributed by atoms with van der Waals surface area (Å²) >= 11 is 0. The third kappa shape index (κ3) is 1.95. The molecule has 0 aliphatic rings. The Morgan fingerprint density at radius 2 is 2.00 bits per heavy atom. The number of aromatic hydroxyl groups is 1. The standard InChI is InChI=1S/C16H14N2O2/c1-10(19)15(13-4-2-3-5-14(13)20)11-6-8-17-16-12(11)7-9-18-16/h2-9,15,20H,1H3,(H,17,18). The molecule has 1 atom stereocenters. The van der Waals surface area contributed by atoms with Gasteiger partial charge in [0.1, 0.15) is 17.2 Å². The summed E-state index contributed by atoms with van der Waals surface area (Å²) in [6, 6.07) is 10.7. The molecule has 2 aromatic heterocycles. The van der Waals surface area contributed by atoms with Gasteiger partial charge in [-0.2, -0.15) is 0 Å². The van der Waals surface area contributed by atoms with Crippen molar-refractivity contribution in [2.24, 2.45) is 0 Å². The summed E-state index contributed by atoms with van der Waals surface area (Å²) in [5.41, 5.74) is 2.21. The minimum absolute atomic E-state index is 0.0137. The van der Waals surface area contributed by atoms with Gasteiger partial charge >= 0.3 is 0 Å². The number of fused-ring (bicyclic) bond motifs is 1. The molecule has 0 fully saturated rings. The van der Waals surface area contributed by atoms with Gasteiger partial charge in [-0.15, -0.1) is 0 Å². The van der Waals surface area contributed by atoms with Crippen molar-refractivity contribution in [3.05, 3.63) is 59.9 Å². The zero-order chi connectivity index (χ0) is 14.1. The molecule has 0 radical (unpaired) electrons. The predicted octanol–water partition coefficient (Wildman–Crippen LogP) is 2.99. The number of Topliss-reactive ketones (excluding diaryl/α,β-unsaturated/α-hetero) is 1. The monoisotopic (exact) mass is 266 g/mol. The number of hydrogen-bond acceptors (Lipinski definition) is 3. The van der Waals surface area contributed by atoms with Crippen molar-refractivity contribution in [3.63, 3.8) is 0 Å². The zero-order valence-corrected chi connectivity index (χ0v) is 11.0. The van der Waals surface area contributed by atoms with E-state index < -0.39 is 5.92 Å². The number of carbonyl (C=O) groups excluding carboxylic acids is 1. The number of phenols is 1. The number of aromatic nitrogens is 2. The van der Waals surface area contributed by atoms with E-state index in [1.54, 1.807) is 30.6 Å². The van der Waals surface area contributed by atoms with Crippen LogP contribution in [0.5, 0.6) is 5.75 Å². The number of para-hydroxylation sites is 1. The van der Waals surface area contributed by atoms with Crippen LogP contribution in [-0.2, 0) is 4.79 Å². The van der Waals surface area contributed by atoms with Gasteiger partial charge in [-0.05, 0) is 30.7 Å². The second-order valence-corrected chi connectivity index (χ2v) is 4.74. The molecular formula is C16H14N2O2. The van der Waals surface area contributed by atoms with Crippen molar-refractivity contribution in [1.29, 1.82) is 0 Å². The normalized spacial score (nSPS) is 12.4. The van der Waals surface area contributed by atoms with Gasteiger partial charge in [0.2, 0.25) is 0 Å². The number of hydrogen-bond donors (Lipinski definition) is 2. The summed E-state index contributed by atoms with van der Waals surface area (Å²) in [6.07, 6.45) is 3.47. The molecule has 2 N–H and O–H groups in total. The van der Waals surface area contributed by atoms with Gasteiger partial charge in [-0.25, -0.2) is 4.98 Å². The Kier molecular flexibility index (Phi) is 2.99. The molecule has 4 heteroatoms. The van der Waals surface area contributed by atoms with E-state index in [-0.39, 0.29) is 11.5 Å². The molecule has 4 nitrogen and oxygen atoms in total. The number of benzene rings is 1. The molecule has 20 heavy (non-hydrogen) atoms. The smallest absolute Gasteiger partial charge is 0.141 e. The molecule has 1 unspecified atom stereocenters. The third-order valence-electron chi connectivity index (χ3n) is 3.46. The molecule has 3 rings (SSSR count). The zero-order valence-electron chi connectivity index (χ0n) is 11.0. The largest absolute Gasteiger partial charge is 0.508 e. The Bertz CT molecular complexity index is 777. The van der Waals surface area contributed by atoms with Crippen LogP contribution in [0.15, 0.2) is 48.8 Å². The van der Waals surface area contributed by atoms with Crippen LogP contribution in [0.2, 0.25) is 0 Å². The summed E-state index contributed by atoms with van der Waals surface area (Å²) in [4.78, 5) is 19.4. The van der Waals surface area contributed by atoms with Crippen LogP contribution in [0.25, 0.3) is 11.0 Å². The van der Waals surface area contributed by atoms with Crippen molar-refractivity contribution in [3.8, 4) is 5.75 Å². The van der Waals surface area contributed by atoms with Gasteiger partial charge in [-0.3, -0.25) is 4.79 Å². The van der Waals surface area contributed by atoms with Gasteiger partial charge in [0.15, 0.2) is 0 Å². The van der Waals surface area contributed by atoms with Crippen LogP contribution < -0.4 is 0 Å². The lowest BCUT2D eigenvalue weighted by Gasteiger charge is -2.17. The highest BCUT2D eigenvalue weighted by atomic mass is 16.3. The third-order valence-corrected chi connectivity index (χ3v) is 3.46. The fourth-order valence-corrected chi connectivity index (χ4v) is 2.57. The quantitative estimate of drug-likeness (QED) is 0.766. The molecule has 0 amide bonds. The van der Waals surface area contributed by atoms with E-state index in [0.717, 1.165) is 16.6 Å². The lowest BCUT2D eigenvalue weighted by Crippen LogP contribution is -2.11. The number of phenolic OH excluding ortho intramolecular Hbond substituents is 1. The van der Waals surface area contributed by atoms with E-state index in [1.807, 2.05) is 18.2 Å². The maximum Gasteiger partial charge on any atom is 0.141 e. The molecule has 0 bridgehead atoms. The molecule has 0 saturated carbocycles. The van der Waals surface area contributed by atoms with Crippen LogP contribution in [0.3, 0.4) is 0 Å². The second-order valence-electron chi connectivity index (χ2n) is 4.74. The van der Waals surface area contributed by atoms with E-state index in [1.165, 1.54) is 6.92 Å². The summed E-state index contributed by atoms with van der Waals surface area (Å²) < 4.78 is 0. The fraction of sp³-hybridized carbons (Fsp3) is 0.125. The van der Waals surface area contributed by atoms with E-state index in [9.17, 15) is 9.90 Å². The number of carbonyl (C=O) groups is 1. The van der Waals surface area contributed by atoms with Crippen LogP contribution in [-0.4, -0.2) is 20.9 Å². The number of pyridine rings is 1. The fourth-order valence-electron chi connectivity index (χ4n) is 2.57. The maximum absolute atomic E-state index is 12.1. The van der Waals surface area contributed by atoms with Crippen molar-refractivity contribution in [2.75, 3.05) is 0 Å². The number of rotatable bonds is 3. The summed E-state index contributed by atoms with van der Waals surface area (Å²) in [5.74, 6) is -0.370. The van der Waals surface area contributed by atoms with Gasteiger partial charge in [0.05, 0.1) is 5.92 Å². The minimum Gasteiger partial charge on any atom is -0.508 e. The van der Waals surface area contributed by atoms with Crippen molar-refractivity contribution in [2.45, 2.75) is 12.8 Å². The van der Waals surface area contributed by atoms with Gasteiger partial charge in [0.25, 0.3) is 0 Å². The highest BCUT2D eigenvalue weighted by Gasteiger charge is 2.24. The number of ketones is 1. The topological polar surface area (TPSA) is 66.0 Å². The summed E-state index contributed by atoms with van der Waals surface area (Å²) in [6.45, 7) is 1.54. The van der Waals surface area contributed by atoms with Gasteiger partial charge in [-0.1, -0.05) is 18.2 Å². The first-order chi connectivity index (χ1) is 9.68. The summed E-state index contributed by atoms with van der Waals surface area (Å²) in [5, 5.41) is 10.9. The molecular weight excluding hydrogens is 252 g/mol. The molecule has 0 aliphatic carbocycles. The van der Waals surface area contributed by atoms with Crippen molar-refractivity contribution in [1.82, 2.24) is 9.97 Å². The average molecular weight is 266 g/mol. The van der Waals surface area contributed by atoms with Crippen LogP contribution >= 0.6 is 0 Å². The van der Waals surface area contributed by atoms with Crippen LogP contribution in [0.1, 0.15) is 24.0 Å². The average Bonchev–Trinajstić information content (AvgIpc) is 2.90. The summed E-state index contributed by atoms with van der Waals surface area (Å²) in [7, 11) is 0. The predicted molar refractivity (Wildman–Crippen MR) is 76.7 cm³/mol. The number of H-pyrrole nitrogens is 1. The molecule has 0 spiro atoms. The Balaban J connectivity index is 2.24. The number of nitrogens with zero attached hydrogens (tertiary/aromatic N) is 1. The van der Waals surface area contributed by atoms with E-state index in [0.29, 0.717) is 5.56 Å². The number of nitrogens with one attached hydrogen (secondary N) is 1. The Labute approximate surface area is 116 Å². The van der Waals surface area contributed by atoms with Gasteiger partial charge < -0.3 is 10.1 Å². The number of aromatic amines is 1. The Morgan fingerprint density at radius 3 is 2.75 bits per heavy atom. The Hall–Kier alpha value is -2.62. The highest BCUT2D eigenvalue weighted by Crippen LogP contribution is 2.34. The lowest BCUT2D eigenvalue weighted by molar-refractivity contribution is -0.117. The highest BCUT2D eigenvalue weighted by molar-refractivity contribution is 5.93. The first-order valence-electron chi connectivity index (χ1n) is 6.39. The maximum atomic E-state index is 12.1. The van der Waals surface area contributed by atoms with E-state index in [2.05, 4.69) is 9.97 Å². The minimum atomic E-state index is -0.488.